The summed E-state index contributed by atoms with van der Waals surface area (Å²) in [4.78, 5) is 38.9. The number of aliphatic carboxylic acids is 2. The second-order valence-electron chi connectivity index (χ2n) is 15.8. The van der Waals surface area contributed by atoms with Crippen LogP contribution in [0.3, 0.4) is 0 Å². The van der Waals surface area contributed by atoms with E-state index in [2.05, 4.69) is 25.1 Å². The van der Waals surface area contributed by atoms with Gasteiger partial charge in [-0.3, -0.25) is 18.7 Å². The number of methoxy groups -OCH3 is 1. The summed E-state index contributed by atoms with van der Waals surface area (Å²) in [6, 6.07) is -1.39. The minimum absolute atomic E-state index is 0.0158. The molecule has 1 unspecified atom stereocenters. The predicted molar refractivity (Wildman–Crippen MR) is 190 cm³/mol. The lowest BCUT2D eigenvalue weighted by Crippen LogP contribution is -2.68. The number of hydrogen-bond donors (Lipinski definition) is 7. The third-order valence-electron chi connectivity index (χ3n) is 11.8. The van der Waals surface area contributed by atoms with Crippen molar-refractivity contribution in [2.24, 2.45) is 23.2 Å². The van der Waals surface area contributed by atoms with Crippen LogP contribution in [-0.4, -0.2) is 95.0 Å². The van der Waals surface area contributed by atoms with Gasteiger partial charge in [-0.25, -0.2) is 15.2 Å². The lowest BCUT2D eigenvalue weighted by Gasteiger charge is -2.54. The molecule has 18 heteroatoms. The molecule has 5 rings (SSSR count). The highest BCUT2D eigenvalue weighted by molar-refractivity contribution is 7.54. The average Bonchev–Trinajstić information content (AvgIpc) is 3.61. The molecule has 2 saturated carbocycles. The number of hydrogen-bond acceptors (Lipinski definition) is 12. The van der Waals surface area contributed by atoms with E-state index in [-0.39, 0.29) is 28.9 Å². The second-order valence-corrected chi connectivity index (χ2v) is 17.6. The molecule has 292 valence electrons. The summed E-state index contributed by atoms with van der Waals surface area (Å²) in [5, 5.41) is 50.2. The molecule has 0 amide bonds. The molecule has 2 aromatic heterocycles. The molecule has 3 fully saturated rings. The normalized spacial score (nSPS) is 28.1. The molecule has 3 heterocycles. The van der Waals surface area contributed by atoms with Crippen LogP contribution >= 0.6 is 7.67 Å². The Morgan fingerprint density at radius 3 is 2.23 bits per heavy atom. The molecule has 1 aliphatic heterocycles. The molecule has 1 saturated heterocycles. The van der Waals surface area contributed by atoms with E-state index >= 15 is 4.57 Å². The molecule has 17 nitrogen and oxygen atoms in total. The van der Waals surface area contributed by atoms with Gasteiger partial charge in [0.15, 0.2) is 17.4 Å². The Hall–Kier alpha value is -2.92. The Kier molecular flexibility index (Phi) is 12.0. The number of ether oxygens (including phenoxy) is 2. The Morgan fingerprint density at radius 2 is 1.69 bits per heavy atom. The van der Waals surface area contributed by atoms with Gasteiger partial charge in [-0.2, -0.15) is 9.97 Å². The fraction of sp³-hybridized carbons (Fsp3) is 0.794. The topological polar surface area (TPSA) is 253 Å². The number of carbonyl (C=O) groups is 2. The Balaban J connectivity index is 1.53. The molecular formula is C34H56N7O10P. The zero-order chi connectivity index (χ0) is 38.2. The Labute approximate surface area is 304 Å². The highest BCUT2D eigenvalue weighted by Crippen LogP contribution is 2.56. The fourth-order valence-corrected chi connectivity index (χ4v) is 11.1. The van der Waals surface area contributed by atoms with E-state index < -0.39 is 79.1 Å². The number of nitrogen functional groups attached to an aromatic ring is 1. The van der Waals surface area contributed by atoms with Crippen molar-refractivity contribution in [1.29, 1.82) is 0 Å². The predicted octanol–water partition coefficient (Wildman–Crippen LogP) is 3.85. The van der Waals surface area contributed by atoms with Crippen molar-refractivity contribution in [3.63, 3.8) is 0 Å². The van der Waals surface area contributed by atoms with E-state index in [0.29, 0.717) is 12.8 Å². The van der Waals surface area contributed by atoms with E-state index in [1.165, 1.54) is 24.9 Å². The van der Waals surface area contributed by atoms with Gasteiger partial charge < -0.3 is 40.2 Å². The van der Waals surface area contributed by atoms with Gasteiger partial charge in [-0.15, -0.1) is 0 Å². The van der Waals surface area contributed by atoms with Crippen LogP contribution < -0.4 is 20.6 Å². The van der Waals surface area contributed by atoms with Crippen LogP contribution in [0, 0.1) is 23.2 Å². The quantitative estimate of drug-likeness (QED) is 0.128. The van der Waals surface area contributed by atoms with Crippen LogP contribution in [0.1, 0.15) is 105 Å². The van der Waals surface area contributed by atoms with Gasteiger partial charge in [0, 0.05) is 0 Å². The van der Waals surface area contributed by atoms with Gasteiger partial charge in [0.05, 0.1) is 20.0 Å². The number of aliphatic hydroxyl groups is 2. The second kappa shape index (κ2) is 15.4. The molecule has 0 aromatic carbocycles. The summed E-state index contributed by atoms with van der Waals surface area (Å²) in [6.45, 7) is 7.82. The fourth-order valence-electron chi connectivity index (χ4n) is 8.72. The number of nitrogens with two attached hydrogens (primary N) is 1. The highest BCUT2D eigenvalue weighted by Gasteiger charge is 2.62. The number of fused-ring (bicyclic) bond motifs is 1. The first kappa shape index (κ1) is 40.3. The van der Waals surface area contributed by atoms with E-state index in [4.69, 9.17) is 19.7 Å². The molecule has 0 bridgehead atoms. The molecule has 0 radical (unpaired) electrons. The van der Waals surface area contributed by atoms with Crippen molar-refractivity contribution < 1.29 is 48.6 Å². The smallest absolute Gasteiger partial charge is 0.342 e. The molecule has 2 aromatic rings. The minimum Gasteiger partial charge on any atom is -0.480 e. The van der Waals surface area contributed by atoms with Crippen molar-refractivity contribution in [3.8, 4) is 5.88 Å². The van der Waals surface area contributed by atoms with Gasteiger partial charge >= 0.3 is 19.6 Å². The van der Waals surface area contributed by atoms with Crippen molar-refractivity contribution in [1.82, 2.24) is 29.7 Å². The molecular weight excluding hydrogens is 697 g/mol. The van der Waals surface area contributed by atoms with Crippen molar-refractivity contribution in [2.75, 3.05) is 19.5 Å². The lowest BCUT2D eigenvalue weighted by atomic mass is 9.55. The maximum absolute atomic E-state index is 15.3. The molecule has 52 heavy (non-hydrogen) atoms. The van der Waals surface area contributed by atoms with Crippen molar-refractivity contribution in [3.05, 3.63) is 6.33 Å². The van der Waals surface area contributed by atoms with Crippen LogP contribution in [0.25, 0.3) is 11.2 Å². The summed E-state index contributed by atoms with van der Waals surface area (Å²) in [7, 11) is -3.25. The summed E-state index contributed by atoms with van der Waals surface area (Å²) >= 11 is 0. The van der Waals surface area contributed by atoms with E-state index in [9.17, 15) is 30.0 Å². The molecule has 8 N–H and O–H groups in total. The maximum Gasteiger partial charge on any atom is 0.342 e. The number of rotatable bonds is 15. The number of nitrogens with one attached hydrogen (secondary N) is 2. The summed E-state index contributed by atoms with van der Waals surface area (Å²) < 4.78 is 34.2. The third kappa shape index (κ3) is 7.42. The first-order chi connectivity index (χ1) is 24.4. The summed E-state index contributed by atoms with van der Waals surface area (Å²) in [5.74, 6) is -3.54. The minimum atomic E-state index is -4.64. The number of aromatic nitrogens is 4. The number of nitrogens with zero attached hydrogens (tertiary/aromatic N) is 4. The van der Waals surface area contributed by atoms with Gasteiger partial charge in [-0.05, 0) is 55.8 Å². The number of anilines is 1. The molecule has 7 atom stereocenters. The van der Waals surface area contributed by atoms with Crippen molar-refractivity contribution >= 4 is 36.7 Å². The Bertz CT molecular complexity index is 1640. The zero-order valence-electron chi connectivity index (χ0n) is 30.9. The van der Waals surface area contributed by atoms with E-state index in [1.54, 1.807) is 13.8 Å². The van der Waals surface area contributed by atoms with Gasteiger partial charge in [0.25, 0.3) is 0 Å². The standard InChI is InChI=1S/C34H56N7O10P/c1-19(2)23(28(43)44)39-52(48,40-34(30(45)46,21-15-11-8-12-16-21)32(3,4)20-13-9-7-10-14-20)50-17-22-25(42)33(5,47)29(51-22)41-18-36-24-26(41)37-31(35)38-27(24)49-6/h18-23,25,29,42,47H,7-17H2,1-6H3,(H,43,44)(H,45,46)(H2,35,37,38)(H2,39,40,48)/t22-,23+,25-,29-,33-,34-,52?/m1/s1. The number of imidazole rings is 1. The Morgan fingerprint density at radius 1 is 1.10 bits per heavy atom. The van der Waals surface area contributed by atoms with Gasteiger partial charge in [0.2, 0.25) is 11.8 Å². The zero-order valence-corrected chi connectivity index (χ0v) is 31.8. The average molecular weight is 754 g/mol. The molecule has 2 aliphatic carbocycles. The first-order valence-electron chi connectivity index (χ1n) is 18.3. The molecule has 3 aliphatic rings. The lowest BCUT2D eigenvalue weighted by molar-refractivity contribution is -0.158. The van der Waals surface area contributed by atoms with Gasteiger partial charge in [-0.1, -0.05) is 66.2 Å². The highest BCUT2D eigenvalue weighted by atomic mass is 31.2. The third-order valence-corrected chi connectivity index (χ3v) is 13.6. The van der Waals surface area contributed by atoms with Crippen molar-refractivity contribution in [2.45, 2.75) is 134 Å². The van der Waals surface area contributed by atoms with E-state index in [1.807, 2.05) is 13.8 Å². The number of aliphatic hydroxyl groups excluding tert-OH is 1. The first-order valence-corrected chi connectivity index (χ1v) is 19.9. The van der Waals surface area contributed by atoms with Crippen LogP contribution in [0.2, 0.25) is 0 Å². The van der Waals surface area contributed by atoms with Crippen LogP contribution in [0.15, 0.2) is 6.33 Å². The summed E-state index contributed by atoms with van der Waals surface area (Å²) in [6.07, 6.45) is 5.36. The maximum atomic E-state index is 15.3. The number of carboxylic acids is 2. The monoisotopic (exact) mass is 753 g/mol. The number of carboxylic acid groups (broad SMARTS) is 2. The van der Waals surface area contributed by atoms with Crippen LogP contribution in [0.5, 0.6) is 5.88 Å². The van der Waals surface area contributed by atoms with Crippen LogP contribution in [-0.2, 0) is 23.4 Å². The largest absolute Gasteiger partial charge is 0.480 e. The molecule has 0 spiro atoms. The van der Waals surface area contributed by atoms with E-state index in [0.717, 1.165) is 51.4 Å². The SMILES string of the molecule is COc1nc(N)nc2c1ncn2[C@@H]1O[C@H](COP(=O)(N[C@H](C(=O)O)C(C)C)N[C@@](C(=O)O)(C2CCCCC2)C(C)(C)C2CCCCC2)[C@@H](O)[C@@]1(C)O. The summed E-state index contributed by atoms with van der Waals surface area (Å²) in [5.41, 5.74) is 1.57. The van der Waals surface area contributed by atoms with Gasteiger partial charge in [0.1, 0.15) is 29.4 Å². The van der Waals surface area contributed by atoms with Crippen LogP contribution in [0.4, 0.5) is 5.95 Å².